The molecule has 0 heterocycles. The number of amides is 2. The highest BCUT2D eigenvalue weighted by Crippen LogP contribution is 2.24. The molecule has 0 fully saturated rings. The monoisotopic (exact) mass is 568 g/mol. The van der Waals surface area contributed by atoms with Crippen LogP contribution in [-0.2, 0) is 26.2 Å². The highest BCUT2D eigenvalue weighted by molar-refractivity contribution is 9.10. The molecule has 0 aliphatic rings. The van der Waals surface area contributed by atoms with Crippen molar-refractivity contribution in [3.8, 4) is 0 Å². The number of nitrogens with zero attached hydrogens (tertiary/aromatic N) is 3. The molecule has 0 aliphatic heterocycles. The van der Waals surface area contributed by atoms with Gasteiger partial charge in [0.25, 0.3) is 5.69 Å². The second-order valence-corrected chi connectivity index (χ2v) is 11.3. The van der Waals surface area contributed by atoms with Crippen molar-refractivity contribution in [3.63, 3.8) is 0 Å². The maximum atomic E-state index is 13.5. The Kier molecular flexibility index (Phi) is 9.78. The Morgan fingerprint density at radius 2 is 1.77 bits per heavy atom. The van der Waals surface area contributed by atoms with Crippen LogP contribution in [0.1, 0.15) is 26.3 Å². The lowest BCUT2D eigenvalue weighted by molar-refractivity contribution is -0.384. The SMILES string of the molecule is CC(C)CNC(=O)[C@H](C)N(Cc1cccc(Br)c1)C(=O)CN(c1cccc([N+](=O)[O-])c1)S(C)(=O)=O. The van der Waals surface area contributed by atoms with Crippen LogP contribution in [0.25, 0.3) is 0 Å². The van der Waals surface area contributed by atoms with Crippen molar-refractivity contribution in [2.45, 2.75) is 33.4 Å². The van der Waals surface area contributed by atoms with Crippen molar-refractivity contribution < 1.29 is 22.9 Å². The number of sulfonamides is 1. The lowest BCUT2D eigenvalue weighted by Gasteiger charge is -2.31. The maximum absolute atomic E-state index is 13.5. The van der Waals surface area contributed by atoms with Gasteiger partial charge in [0.05, 0.1) is 16.9 Å². The average Bonchev–Trinajstić information content (AvgIpc) is 2.78. The molecule has 2 rings (SSSR count). The van der Waals surface area contributed by atoms with Crippen LogP contribution in [0, 0.1) is 16.0 Å². The van der Waals surface area contributed by atoms with E-state index in [-0.39, 0.29) is 29.7 Å². The number of rotatable bonds is 11. The molecule has 2 amide bonds. The van der Waals surface area contributed by atoms with Crippen LogP contribution in [-0.4, -0.2) is 55.4 Å². The molecule has 0 bridgehead atoms. The number of benzene rings is 2. The molecule has 2 aromatic carbocycles. The average molecular weight is 569 g/mol. The maximum Gasteiger partial charge on any atom is 0.271 e. The van der Waals surface area contributed by atoms with Crippen LogP contribution >= 0.6 is 15.9 Å². The summed E-state index contributed by atoms with van der Waals surface area (Å²) in [4.78, 5) is 38.1. The van der Waals surface area contributed by atoms with Gasteiger partial charge in [-0.25, -0.2) is 8.42 Å². The second kappa shape index (κ2) is 12.1. The molecule has 0 aromatic heterocycles. The van der Waals surface area contributed by atoms with Gasteiger partial charge in [-0.3, -0.25) is 24.0 Å². The Labute approximate surface area is 213 Å². The predicted molar refractivity (Wildman–Crippen MR) is 137 cm³/mol. The van der Waals surface area contributed by atoms with E-state index in [4.69, 9.17) is 0 Å². The highest BCUT2D eigenvalue weighted by Gasteiger charge is 2.30. The molecule has 35 heavy (non-hydrogen) atoms. The van der Waals surface area contributed by atoms with Crippen molar-refractivity contribution in [1.82, 2.24) is 10.2 Å². The number of carbonyl (C=O) groups excluding carboxylic acids is 2. The molecule has 0 saturated heterocycles. The predicted octanol–water partition coefficient (Wildman–Crippen LogP) is 3.31. The first-order chi connectivity index (χ1) is 16.3. The van der Waals surface area contributed by atoms with Gasteiger partial charge in [-0.2, -0.15) is 0 Å². The Morgan fingerprint density at radius 1 is 1.11 bits per heavy atom. The smallest absolute Gasteiger partial charge is 0.271 e. The Bertz CT molecular complexity index is 1190. The van der Waals surface area contributed by atoms with Gasteiger partial charge in [0, 0.05) is 29.7 Å². The van der Waals surface area contributed by atoms with Crippen LogP contribution < -0.4 is 9.62 Å². The number of nitrogens with one attached hydrogen (secondary N) is 1. The van der Waals surface area contributed by atoms with E-state index >= 15 is 0 Å². The lowest BCUT2D eigenvalue weighted by atomic mass is 10.1. The minimum Gasteiger partial charge on any atom is -0.354 e. The molecule has 2 aromatic rings. The first-order valence-corrected chi connectivity index (χ1v) is 13.5. The third kappa shape index (κ3) is 8.32. The molecular formula is C23H29BrN4O6S. The van der Waals surface area contributed by atoms with E-state index in [0.717, 1.165) is 26.7 Å². The lowest BCUT2D eigenvalue weighted by Crippen LogP contribution is -2.51. The molecule has 0 aliphatic carbocycles. The van der Waals surface area contributed by atoms with Crippen LogP contribution in [0.4, 0.5) is 11.4 Å². The fourth-order valence-electron chi connectivity index (χ4n) is 3.24. The van der Waals surface area contributed by atoms with E-state index in [9.17, 15) is 28.1 Å². The Hall–Kier alpha value is -2.99. The number of anilines is 1. The summed E-state index contributed by atoms with van der Waals surface area (Å²) in [5.41, 5.74) is 0.405. The van der Waals surface area contributed by atoms with E-state index in [2.05, 4.69) is 21.2 Å². The van der Waals surface area contributed by atoms with Gasteiger partial charge < -0.3 is 10.2 Å². The fraction of sp³-hybridized carbons (Fsp3) is 0.391. The van der Waals surface area contributed by atoms with Crippen LogP contribution in [0.5, 0.6) is 0 Å². The van der Waals surface area contributed by atoms with E-state index in [1.165, 1.54) is 23.1 Å². The summed E-state index contributed by atoms with van der Waals surface area (Å²) in [6.45, 7) is 5.31. The second-order valence-electron chi connectivity index (χ2n) is 8.51. The van der Waals surface area contributed by atoms with Gasteiger partial charge in [0.15, 0.2) is 0 Å². The van der Waals surface area contributed by atoms with E-state index in [1.807, 2.05) is 19.9 Å². The van der Waals surface area contributed by atoms with Crippen molar-refractivity contribution >= 4 is 49.1 Å². The summed E-state index contributed by atoms with van der Waals surface area (Å²) in [6, 6.07) is 11.3. The first kappa shape index (κ1) is 28.2. The van der Waals surface area contributed by atoms with Gasteiger partial charge >= 0.3 is 0 Å². The molecule has 0 spiro atoms. The molecule has 0 unspecified atom stereocenters. The minimum atomic E-state index is -3.98. The topological polar surface area (TPSA) is 130 Å². The summed E-state index contributed by atoms with van der Waals surface area (Å²) in [5.74, 6) is -0.799. The zero-order valence-corrected chi connectivity index (χ0v) is 22.4. The number of nitro groups is 1. The molecule has 1 N–H and O–H groups in total. The van der Waals surface area contributed by atoms with Gasteiger partial charge in [0.1, 0.15) is 12.6 Å². The quantitative estimate of drug-likeness (QED) is 0.327. The van der Waals surface area contributed by atoms with Crippen molar-refractivity contribution in [2.24, 2.45) is 5.92 Å². The summed E-state index contributed by atoms with van der Waals surface area (Å²) < 4.78 is 26.7. The molecular weight excluding hydrogens is 540 g/mol. The number of nitro benzene ring substituents is 1. The molecule has 0 saturated carbocycles. The number of non-ortho nitro benzene ring substituents is 1. The minimum absolute atomic E-state index is 0.0191. The van der Waals surface area contributed by atoms with Gasteiger partial charge in [0.2, 0.25) is 21.8 Å². The molecule has 0 radical (unpaired) electrons. The normalized spacial score (nSPS) is 12.2. The summed E-state index contributed by atoms with van der Waals surface area (Å²) in [6.07, 6.45) is 0.913. The van der Waals surface area contributed by atoms with Gasteiger partial charge in [-0.1, -0.05) is 48.0 Å². The van der Waals surface area contributed by atoms with E-state index in [1.54, 1.807) is 25.1 Å². The van der Waals surface area contributed by atoms with Crippen molar-refractivity contribution in [2.75, 3.05) is 23.7 Å². The van der Waals surface area contributed by atoms with Crippen LogP contribution in [0.3, 0.4) is 0 Å². The van der Waals surface area contributed by atoms with Crippen molar-refractivity contribution in [3.05, 3.63) is 68.7 Å². The Balaban J connectivity index is 2.41. The fourth-order valence-corrected chi connectivity index (χ4v) is 4.53. The highest BCUT2D eigenvalue weighted by atomic mass is 79.9. The van der Waals surface area contributed by atoms with Gasteiger partial charge in [-0.05, 0) is 36.6 Å². The molecule has 12 heteroatoms. The molecule has 190 valence electrons. The van der Waals surface area contributed by atoms with Crippen LogP contribution in [0.2, 0.25) is 0 Å². The summed E-state index contributed by atoms with van der Waals surface area (Å²) in [5, 5.41) is 14.0. The summed E-state index contributed by atoms with van der Waals surface area (Å²) in [7, 11) is -3.98. The van der Waals surface area contributed by atoms with Crippen molar-refractivity contribution in [1.29, 1.82) is 0 Å². The standard InChI is InChI=1S/C23H29BrN4O6S/c1-16(2)13-25-23(30)17(3)26(14-18-7-5-8-19(24)11-18)22(29)15-27(35(4,33)34)20-9-6-10-21(12-20)28(31)32/h5-12,16-17H,13-15H2,1-4H3,(H,25,30)/t17-/m0/s1. The summed E-state index contributed by atoms with van der Waals surface area (Å²) >= 11 is 3.39. The first-order valence-electron chi connectivity index (χ1n) is 10.8. The zero-order valence-electron chi connectivity index (χ0n) is 20.0. The third-order valence-corrected chi connectivity index (χ3v) is 6.74. The van der Waals surface area contributed by atoms with Gasteiger partial charge in [-0.15, -0.1) is 0 Å². The zero-order chi connectivity index (χ0) is 26.3. The molecule has 10 nitrogen and oxygen atoms in total. The number of halogens is 1. The van der Waals surface area contributed by atoms with E-state index < -0.39 is 33.4 Å². The largest absolute Gasteiger partial charge is 0.354 e. The Morgan fingerprint density at radius 3 is 2.34 bits per heavy atom. The molecule has 1 atom stereocenters. The number of hydrogen-bond donors (Lipinski definition) is 1. The van der Waals surface area contributed by atoms with Crippen LogP contribution in [0.15, 0.2) is 53.0 Å². The number of hydrogen-bond acceptors (Lipinski definition) is 6. The third-order valence-electron chi connectivity index (χ3n) is 5.10. The number of carbonyl (C=O) groups is 2. The van der Waals surface area contributed by atoms with E-state index in [0.29, 0.717) is 6.54 Å².